The van der Waals surface area contributed by atoms with Crippen LogP contribution in [0.15, 0.2) is 34.3 Å². The molecule has 0 amide bonds. The number of anilines is 2. The van der Waals surface area contributed by atoms with E-state index in [0.717, 1.165) is 4.90 Å². The zero-order chi connectivity index (χ0) is 13.1. The lowest BCUT2D eigenvalue weighted by Crippen LogP contribution is -1.99. The summed E-state index contributed by atoms with van der Waals surface area (Å²) >= 11 is 7.25. The molecule has 5 N–H and O–H groups in total. The topological polar surface area (TPSA) is 98.1 Å². The lowest BCUT2D eigenvalue weighted by molar-refractivity contribution is 0.279. The third-order valence-electron chi connectivity index (χ3n) is 2.18. The lowest BCUT2D eigenvalue weighted by atomic mass is 10.2. The minimum absolute atomic E-state index is 0.153. The maximum absolute atomic E-state index is 9.30. The second kappa shape index (κ2) is 5.43. The van der Waals surface area contributed by atoms with Crippen molar-refractivity contribution in [2.75, 3.05) is 11.5 Å². The third kappa shape index (κ3) is 2.84. The predicted molar refractivity (Wildman–Crippen MR) is 72.4 cm³/mol. The highest BCUT2D eigenvalue weighted by atomic mass is 35.5. The molecule has 18 heavy (non-hydrogen) atoms. The highest BCUT2D eigenvalue weighted by Gasteiger charge is 2.10. The third-order valence-corrected chi connectivity index (χ3v) is 3.50. The average molecular weight is 283 g/mol. The van der Waals surface area contributed by atoms with Gasteiger partial charge in [-0.25, -0.2) is 9.97 Å². The number of hydrogen-bond donors (Lipinski definition) is 3. The molecule has 0 aliphatic rings. The Morgan fingerprint density at radius 1 is 1.22 bits per heavy atom. The monoisotopic (exact) mass is 282 g/mol. The largest absolute Gasteiger partial charge is 0.392 e. The van der Waals surface area contributed by atoms with Gasteiger partial charge >= 0.3 is 0 Å². The number of aromatic nitrogens is 2. The molecule has 0 atom stereocenters. The summed E-state index contributed by atoms with van der Waals surface area (Å²) in [5.41, 5.74) is 11.8. The predicted octanol–water partition coefficient (Wildman–Crippen LogP) is 1.94. The van der Waals surface area contributed by atoms with Gasteiger partial charge in [-0.05, 0) is 23.9 Å². The Kier molecular flexibility index (Phi) is 3.90. The number of aliphatic hydroxyl groups is 1. The second-order valence-corrected chi connectivity index (χ2v) is 4.89. The molecule has 0 saturated carbocycles. The Balaban J connectivity index is 2.36. The Morgan fingerprint density at radius 2 is 1.89 bits per heavy atom. The summed E-state index contributed by atoms with van der Waals surface area (Å²) in [5, 5.41) is 10.2. The van der Waals surface area contributed by atoms with E-state index in [-0.39, 0.29) is 6.61 Å². The Hall–Kier alpha value is -1.50. The van der Waals surface area contributed by atoms with Crippen LogP contribution in [0.4, 0.5) is 11.6 Å². The molecule has 0 aliphatic heterocycles. The van der Waals surface area contributed by atoms with Crippen molar-refractivity contribution < 1.29 is 5.11 Å². The molecule has 94 valence electrons. The number of benzene rings is 1. The number of rotatable bonds is 3. The fraction of sp³-hybridized carbons (Fsp3) is 0.0909. The van der Waals surface area contributed by atoms with Crippen LogP contribution in [0.3, 0.4) is 0 Å². The molecule has 0 fully saturated rings. The van der Waals surface area contributed by atoms with Gasteiger partial charge in [-0.3, -0.25) is 0 Å². The molecule has 2 aromatic rings. The van der Waals surface area contributed by atoms with Gasteiger partial charge in [-0.15, -0.1) is 0 Å². The fourth-order valence-corrected chi connectivity index (χ4v) is 2.63. The van der Waals surface area contributed by atoms with Crippen molar-refractivity contribution in [2.24, 2.45) is 0 Å². The van der Waals surface area contributed by atoms with E-state index in [1.54, 1.807) is 12.1 Å². The standard InChI is InChI=1S/C11H11ClN4OS/c12-7-2-1-3-8(6(7)5-17)18-11-15-9(13)4-10(14)16-11/h1-4,17H,5H2,(H4,13,14,15,16). The second-order valence-electron chi connectivity index (χ2n) is 3.48. The minimum Gasteiger partial charge on any atom is -0.392 e. The minimum atomic E-state index is -0.153. The average Bonchev–Trinajstić information content (AvgIpc) is 2.27. The molecular weight excluding hydrogens is 272 g/mol. The number of nitrogens with two attached hydrogens (primary N) is 2. The van der Waals surface area contributed by atoms with Crippen molar-refractivity contribution in [1.29, 1.82) is 0 Å². The van der Waals surface area contributed by atoms with Crippen molar-refractivity contribution in [2.45, 2.75) is 16.7 Å². The lowest BCUT2D eigenvalue weighted by Gasteiger charge is -2.08. The quantitative estimate of drug-likeness (QED) is 0.744. The van der Waals surface area contributed by atoms with Crippen LogP contribution >= 0.6 is 23.4 Å². The van der Waals surface area contributed by atoms with Crippen molar-refractivity contribution in [3.8, 4) is 0 Å². The summed E-state index contributed by atoms with van der Waals surface area (Å²) in [6, 6.07) is 6.81. The number of nitrogens with zero attached hydrogens (tertiary/aromatic N) is 2. The summed E-state index contributed by atoms with van der Waals surface area (Å²) in [7, 11) is 0. The van der Waals surface area contributed by atoms with Crippen LogP contribution in [0.25, 0.3) is 0 Å². The summed E-state index contributed by atoms with van der Waals surface area (Å²) in [6.07, 6.45) is 0. The van der Waals surface area contributed by atoms with E-state index in [0.29, 0.717) is 27.4 Å². The Morgan fingerprint density at radius 3 is 2.50 bits per heavy atom. The molecule has 0 unspecified atom stereocenters. The molecule has 1 heterocycles. The summed E-state index contributed by atoms with van der Waals surface area (Å²) in [6.45, 7) is -0.153. The molecule has 5 nitrogen and oxygen atoms in total. The van der Waals surface area contributed by atoms with Gasteiger partial charge < -0.3 is 16.6 Å². The van der Waals surface area contributed by atoms with Crippen LogP contribution in [0.1, 0.15) is 5.56 Å². The number of nitrogen functional groups attached to an aromatic ring is 2. The molecule has 0 aliphatic carbocycles. The molecule has 0 spiro atoms. The first kappa shape index (κ1) is 12.9. The highest BCUT2D eigenvalue weighted by Crippen LogP contribution is 2.32. The van der Waals surface area contributed by atoms with Gasteiger partial charge in [-0.2, -0.15) is 0 Å². The molecule has 0 radical (unpaired) electrons. The normalized spacial score (nSPS) is 10.6. The van der Waals surface area contributed by atoms with Gasteiger partial charge in [0.25, 0.3) is 0 Å². The van der Waals surface area contributed by atoms with E-state index in [4.69, 9.17) is 23.1 Å². The van der Waals surface area contributed by atoms with E-state index in [9.17, 15) is 5.11 Å². The molecule has 0 bridgehead atoms. The maximum atomic E-state index is 9.30. The number of halogens is 1. The van der Waals surface area contributed by atoms with Crippen LogP contribution in [-0.4, -0.2) is 15.1 Å². The van der Waals surface area contributed by atoms with Crippen molar-refractivity contribution in [3.63, 3.8) is 0 Å². The van der Waals surface area contributed by atoms with E-state index < -0.39 is 0 Å². The van der Waals surface area contributed by atoms with E-state index in [1.165, 1.54) is 17.8 Å². The molecule has 0 saturated heterocycles. The van der Waals surface area contributed by atoms with Crippen LogP contribution in [0.5, 0.6) is 0 Å². The molecule has 2 rings (SSSR count). The first-order chi connectivity index (χ1) is 8.60. The van der Waals surface area contributed by atoms with Gasteiger partial charge in [0, 0.05) is 21.5 Å². The fourth-order valence-electron chi connectivity index (χ4n) is 1.39. The molecule has 1 aromatic heterocycles. The summed E-state index contributed by atoms with van der Waals surface area (Å²) in [5.74, 6) is 0.607. The van der Waals surface area contributed by atoms with E-state index in [1.807, 2.05) is 6.07 Å². The van der Waals surface area contributed by atoms with Crippen molar-refractivity contribution in [3.05, 3.63) is 34.9 Å². The summed E-state index contributed by atoms with van der Waals surface area (Å²) < 4.78 is 0. The van der Waals surface area contributed by atoms with Crippen LogP contribution < -0.4 is 11.5 Å². The highest BCUT2D eigenvalue weighted by molar-refractivity contribution is 7.99. The molecular formula is C11H11ClN4OS. The van der Waals surface area contributed by atoms with Gasteiger partial charge in [0.2, 0.25) is 0 Å². The van der Waals surface area contributed by atoms with Crippen LogP contribution in [0, 0.1) is 0 Å². The molecule has 7 heteroatoms. The van der Waals surface area contributed by atoms with Gasteiger partial charge in [0.1, 0.15) is 11.6 Å². The Bertz CT molecular complexity index is 559. The summed E-state index contributed by atoms with van der Waals surface area (Å²) in [4.78, 5) is 8.89. The van der Waals surface area contributed by atoms with Crippen LogP contribution in [0.2, 0.25) is 5.02 Å². The van der Waals surface area contributed by atoms with Gasteiger partial charge in [0.05, 0.1) is 6.61 Å². The van der Waals surface area contributed by atoms with E-state index >= 15 is 0 Å². The van der Waals surface area contributed by atoms with Gasteiger partial charge in [0.15, 0.2) is 5.16 Å². The first-order valence-corrected chi connectivity index (χ1v) is 6.25. The smallest absolute Gasteiger partial charge is 0.196 e. The van der Waals surface area contributed by atoms with Crippen molar-refractivity contribution >= 4 is 35.0 Å². The SMILES string of the molecule is Nc1cc(N)nc(Sc2cccc(Cl)c2CO)n1. The Labute approximate surface area is 113 Å². The first-order valence-electron chi connectivity index (χ1n) is 5.06. The van der Waals surface area contributed by atoms with E-state index in [2.05, 4.69) is 9.97 Å². The van der Waals surface area contributed by atoms with Crippen LogP contribution in [-0.2, 0) is 6.61 Å². The number of aliphatic hydroxyl groups excluding tert-OH is 1. The van der Waals surface area contributed by atoms with Gasteiger partial charge in [-0.1, -0.05) is 17.7 Å². The maximum Gasteiger partial charge on any atom is 0.196 e. The van der Waals surface area contributed by atoms with Crippen molar-refractivity contribution in [1.82, 2.24) is 9.97 Å². The zero-order valence-electron chi connectivity index (χ0n) is 9.30. The zero-order valence-corrected chi connectivity index (χ0v) is 10.9. The molecule has 1 aromatic carbocycles. The number of hydrogen-bond acceptors (Lipinski definition) is 6.